The fourth-order valence-electron chi connectivity index (χ4n) is 2.65. The molecule has 10 heteroatoms. The molecule has 3 rings (SSSR count). The molecule has 158 valence electrons. The van der Waals surface area contributed by atoms with Gasteiger partial charge in [-0.2, -0.15) is 0 Å². The molecule has 4 N–H and O–H groups in total. The second kappa shape index (κ2) is 8.54. The van der Waals surface area contributed by atoms with Gasteiger partial charge in [-0.3, -0.25) is 30.0 Å². The van der Waals surface area contributed by atoms with Crippen LogP contribution < -0.4 is 20.9 Å². The van der Waals surface area contributed by atoms with Crippen LogP contribution >= 0.6 is 0 Å². The van der Waals surface area contributed by atoms with Gasteiger partial charge >= 0.3 is 11.8 Å². The summed E-state index contributed by atoms with van der Waals surface area (Å²) in [6.45, 7) is 3.49. The normalized spacial score (nSPS) is 13.3. The van der Waals surface area contributed by atoms with Crippen molar-refractivity contribution >= 4 is 33.4 Å². The maximum Gasteiger partial charge on any atom is 0.327 e. The number of carbonyl (C=O) groups excluding carboxylic acids is 3. The molecule has 3 amide bonds. The Bertz CT molecular complexity index is 1110. The summed E-state index contributed by atoms with van der Waals surface area (Å²) in [6.07, 6.45) is 1.66. The quantitative estimate of drug-likeness (QED) is 0.417. The van der Waals surface area contributed by atoms with Crippen molar-refractivity contribution in [3.05, 3.63) is 59.2 Å². The van der Waals surface area contributed by atoms with Crippen LogP contribution in [0.2, 0.25) is 0 Å². The van der Waals surface area contributed by atoms with Gasteiger partial charge in [-0.15, -0.1) is 0 Å². The fraction of sp³-hybridized carbons (Fsp3) is 0.250. The van der Waals surface area contributed by atoms with Gasteiger partial charge in [0.1, 0.15) is 0 Å². The van der Waals surface area contributed by atoms with E-state index in [0.717, 1.165) is 18.4 Å². The van der Waals surface area contributed by atoms with E-state index in [-0.39, 0.29) is 22.2 Å². The highest BCUT2D eigenvalue weighted by Gasteiger charge is 2.26. The van der Waals surface area contributed by atoms with Crippen molar-refractivity contribution in [1.82, 2.24) is 16.2 Å². The predicted octanol–water partition coefficient (Wildman–Crippen LogP) is 1.14. The Morgan fingerprint density at radius 3 is 2.37 bits per heavy atom. The number of sulfonamides is 1. The van der Waals surface area contributed by atoms with Crippen molar-refractivity contribution in [3.8, 4) is 0 Å². The van der Waals surface area contributed by atoms with E-state index in [1.165, 1.54) is 24.3 Å². The monoisotopic (exact) mass is 430 g/mol. The highest BCUT2D eigenvalue weighted by molar-refractivity contribution is 7.92. The van der Waals surface area contributed by atoms with Crippen LogP contribution in [-0.2, 0) is 19.6 Å². The summed E-state index contributed by atoms with van der Waals surface area (Å²) < 4.78 is 27.9. The number of hydrogen-bond acceptors (Lipinski definition) is 5. The maximum absolute atomic E-state index is 12.7. The van der Waals surface area contributed by atoms with Crippen LogP contribution in [-0.4, -0.2) is 32.2 Å². The summed E-state index contributed by atoms with van der Waals surface area (Å²) >= 11 is 0. The molecule has 0 saturated heterocycles. The summed E-state index contributed by atoms with van der Waals surface area (Å²) in [5.74, 6) is -2.51. The Hall–Kier alpha value is -3.40. The van der Waals surface area contributed by atoms with E-state index in [4.69, 9.17) is 0 Å². The second-order valence-corrected chi connectivity index (χ2v) is 8.76. The first-order chi connectivity index (χ1) is 14.2. The Labute approximate surface area is 174 Å². The van der Waals surface area contributed by atoms with Crippen molar-refractivity contribution in [2.24, 2.45) is 0 Å². The number of nitrogens with one attached hydrogen (secondary N) is 4. The first kappa shape index (κ1) is 21.3. The molecule has 0 heterocycles. The van der Waals surface area contributed by atoms with Crippen LogP contribution in [0.3, 0.4) is 0 Å². The van der Waals surface area contributed by atoms with Crippen molar-refractivity contribution in [2.75, 3.05) is 4.72 Å². The Morgan fingerprint density at radius 2 is 1.67 bits per heavy atom. The van der Waals surface area contributed by atoms with Crippen molar-refractivity contribution in [2.45, 2.75) is 37.6 Å². The third kappa shape index (κ3) is 5.35. The topological polar surface area (TPSA) is 133 Å². The second-order valence-electron chi connectivity index (χ2n) is 7.11. The molecule has 0 radical (unpaired) electrons. The molecule has 1 aliphatic rings. The number of amides is 3. The van der Waals surface area contributed by atoms with Crippen LogP contribution in [0, 0.1) is 13.8 Å². The van der Waals surface area contributed by atoms with Crippen LogP contribution in [0.25, 0.3) is 0 Å². The number of anilines is 1. The highest BCUT2D eigenvalue weighted by Crippen LogP contribution is 2.21. The minimum absolute atomic E-state index is 0.0145. The molecule has 0 spiro atoms. The minimum Gasteiger partial charge on any atom is -0.345 e. The number of rotatable bonds is 5. The zero-order valence-electron chi connectivity index (χ0n) is 16.5. The van der Waals surface area contributed by atoms with Gasteiger partial charge in [0, 0.05) is 17.3 Å². The smallest absolute Gasteiger partial charge is 0.327 e. The Balaban J connectivity index is 1.66. The molecule has 30 heavy (non-hydrogen) atoms. The zero-order valence-corrected chi connectivity index (χ0v) is 17.3. The molecular weight excluding hydrogens is 408 g/mol. The van der Waals surface area contributed by atoms with Gasteiger partial charge in [-0.1, -0.05) is 18.2 Å². The van der Waals surface area contributed by atoms with Gasteiger partial charge < -0.3 is 5.32 Å². The molecule has 0 aliphatic heterocycles. The molecule has 0 bridgehead atoms. The van der Waals surface area contributed by atoms with E-state index in [9.17, 15) is 22.8 Å². The van der Waals surface area contributed by atoms with Gasteiger partial charge in [0.25, 0.3) is 15.9 Å². The van der Waals surface area contributed by atoms with Gasteiger partial charge in [0.15, 0.2) is 0 Å². The first-order valence-electron chi connectivity index (χ1n) is 9.27. The largest absolute Gasteiger partial charge is 0.345 e. The van der Waals surface area contributed by atoms with Crippen molar-refractivity contribution < 1.29 is 22.8 Å². The van der Waals surface area contributed by atoms with Crippen LogP contribution in [0.4, 0.5) is 5.69 Å². The Morgan fingerprint density at radius 1 is 0.933 bits per heavy atom. The molecule has 0 aromatic heterocycles. The van der Waals surface area contributed by atoms with E-state index in [1.807, 2.05) is 11.5 Å². The third-order valence-corrected chi connectivity index (χ3v) is 5.94. The van der Waals surface area contributed by atoms with Gasteiger partial charge in [-0.05, 0) is 62.1 Å². The number of aryl methyl sites for hydroxylation is 2. The number of carbonyl (C=O) groups is 3. The lowest BCUT2D eigenvalue weighted by Crippen LogP contribution is -2.49. The first-order valence-corrected chi connectivity index (χ1v) is 10.8. The molecule has 0 atom stereocenters. The fourth-order valence-corrected chi connectivity index (χ4v) is 4.03. The number of hydrogen-bond donors (Lipinski definition) is 4. The summed E-state index contributed by atoms with van der Waals surface area (Å²) in [5, 5.41) is 2.50. The average molecular weight is 430 g/mol. The van der Waals surface area contributed by atoms with Crippen molar-refractivity contribution in [1.29, 1.82) is 0 Å². The summed E-state index contributed by atoms with van der Waals surface area (Å²) in [5.41, 5.74) is 5.84. The van der Waals surface area contributed by atoms with E-state index in [1.54, 1.807) is 26.0 Å². The van der Waals surface area contributed by atoms with Crippen LogP contribution in [0.1, 0.15) is 34.3 Å². The minimum atomic E-state index is -3.86. The number of hydrazine groups is 1. The zero-order chi connectivity index (χ0) is 21.9. The lowest BCUT2D eigenvalue weighted by Gasteiger charge is -2.12. The standard InChI is InChI=1S/C20H22N4O5S/c1-12-6-7-13(2)17(10-12)30(28,29)24-16-5-3-4-14(11-16)18(25)22-23-20(27)19(26)21-15-8-9-15/h3-7,10-11,15,24H,8-9H2,1-2H3,(H,21,26)(H,22,25)(H,23,27). The summed E-state index contributed by atoms with van der Waals surface area (Å²) in [6, 6.07) is 10.9. The van der Waals surface area contributed by atoms with Gasteiger partial charge in [0.05, 0.1) is 4.90 Å². The van der Waals surface area contributed by atoms with E-state index < -0.39 is 27.7 Å². The van der Waals surface area contributed by atoms with E-state index in [2.05, 4.69) is 15.5 Å². The summed E-state index contributed by atoms with van der Waals surface area (Å²) in [7, 11) is -3.86. The molecule has 0 unspecified atom stereocenters. The van der Waals surface area contributed by atoms with Crippen LogP contribution in [0.15, 0.2) is 47.4 Å². The predicted molar refractivity (Wildman–Crippen MR) is 110 cm³/mol. The summed E-state index contributed by atoms with van der Waals surface area (Å²) in [4.78, 5) is 35.7. The maximum atomic E-state index is 12.7. The highest BCUT2D eigenvalue weighted by atomic mass is 32.2. The number of benzene rings is 2. The lowest BCUT2D eigenvalue weighted by atomic mass is 10.2. The third-order valence-electron chi connectivity index (χ3n) is 4.42. The van der Waals surface area contributed by atoms with Crippen molar-refractivity contribution in [3.63, 3.8) is 0 Å². The van der Waals surface area contributed by atoms with E-state index in [0.29, 0.717) is 5.56 Å². The van der Waals surface area contributed by atoms with Gasteiger partial charge in [0.2, 0.25) is 0 Å². The van der Waals surface area contributed by atoms with Gasteiger partial charge in [-0.25, -0.2) is 8.42 Å². The molecule has 2 aromatic rings. The van der Waals surface area contributed by atoms with Crippen LogP contribution in [0.5, 0.6) is 0 Å². The molecule has 1 fully saturated rings. The molecule has 1 saturated carbocycles. The SMILES string of the molecule is Cc1ccc(C)c(S(=O)(=O)Nc2cccc(C(=O)NNC(=O)C(=O)NC3CC3)c2)c1. The Kier molecular flexibility index (Phi) is 6.06. The lowest BCUT2D eigenvalue weighted by molar-refractivity contribution is -0.139. The van der Waals surface area contributed by atoms with E-state index >= 15 is 0 Å². The average Bonchev–Trinajstić information content (AvgIpc) is 3.51. The molecular formula is C20H22N4O5S. The molecule has 2 aromatic carbocycles. The molecule has 9 nitrogen and oxygen atoms in total. The molecule has 1 aliphatic carbocycles.